The third-order valence-electron chi connectivity index (χ3n) is 2.84. The molecule has 2 heterocycles. The smallest absolute Gasteiger partial charge is 0.204 e. The number of nitrogens with one attached hydrogen (secondary N) is 1. The Balaban J connectivity index is 1.87. The van der Waals surface area contributed by atoms with Crippen LogP contribution in [-0.2, 0) is 5.75 Å². The number of thioether (sulfide) groups is 1. The monoisotopic (exact) mass is 300 g/mol. The van der Waals surface area contributed by atoms with Crippen LogP contribution in [0.15, 0.2) is 29.2 Å². The highest BCUT2D eigenvalue weighted by Crippen LogP contribution is 2.29. The van der Waals surface area contributed by atoms with Crippen LogP contribution in [0, 0.1) is 17.1 Å². The van der Waals surface area contributed by atoms with Crippen molar-refractivity contribution in [2.75, 3.05) is 5.73 Å². The minimum absolute atomic E-state index is 0.299. The van der Waals surface area contributed by atoms with Crippen molar-refractivity contribution < 1.29 is 4.39 Å². The number of pyridine rings is 1. The van der Waals surface area contributed by atoms with Gasteiger partial charge in [0.15, 0.2) is 0 Å². The predicted octanol–water partition coefficient (Wildman–Crippen LogP) is 2.24. The number of hydrogen-bond donors (Lipinski definition) is 2. The molecule has 104 valence electrons. The van der Waals surface area contributed by atoms with Gasteiger partial charge in [-0.3, -0.25) is 0 Å². The molecule has 0 amide bonds. The fraction of sp³-hybridized carbons (Fsp3) is 0.0769. The summed E-state index contributed by atoms with van der Waals surface area (Å²) in [5.74, 6) is 0.322. The molecule has 3 aromatic rings. The van der Waals surface area contributed by atoms with Crippen LogP contribution in [0.1, 0.15) is 11.1 Å². The summed E-state index contributed by atoms with van der Waals surface area (Å²) in [6, 6.07) is 8.00. The third kappa shape index (κ3) is 2.64. The highest BCUT2D eigenvalue weighted by Gasteiger charge is 2.11. The molecule has 3 N–H and O–H groups in total. The number of H-pyrrole nitrogens is 1. The van der Waals surface area contributed by atoms with Crippen LogP contribution >= 0.6 is 11.8 Å². The predicted molar refractivity (Wildman–Crippen MR) is 76.8 cm³/mol. The molecule has 1 aromatic carbocycles. The van der Waals surface area contributed by atoms with Crippen LogP contribution in [-0.4, -0.2) is 20.4 Å². The zero-order valence-electron chi connectivity index (χ0n) is 10.7. The van der Waals surface area contributed by atoms with Crippen LogP contribution in [0.5, 0.6) is 0 Å². The molecule has 2 aromatic heterocycles. The maximum Gasteiger partial charge on any atom is 0.204 e. The molecule has 0 fully saturated rings. The van der Waals surface area contributed by atoms with Gasteiger partial charge in [0.1, 0.15) is 17.2 Å². The first kappa shape index (κ1) is 13.3. The molecule has 0 bridgehead atoms. The quantitative estimate of drug-likeness (QED) is 0.719. The van der Waals surface area contributed by atoms with Crippen molar-refractivity contribution in [1.82, 2.24) is 20.4 Å². The molecule has 8 heteroatoms. The molecule has 0 saturated carbocycles. The van der Waals surface area contributed by atoms with Gasteiger partial charge in [-0.15, -0.1) is 16.9 Å². The average Bonchev–Trinajstić information content (AvgIpc) is 2.93. The second kappa shape index (κ2) is 5.38. The van der Waals surface area contributed by atoms with Gasteiger partial charge in [-0.1, -0.05) is 6.07 Å². The summed E-state index contributed by atoms with van der Waals surface area (Å²) in [4.78, 5) is 4.81. The number of fused-ring (bicyclic) bond motifs is 1. The van der Waals surface area contributed by atoms with Crippen LogP contribution < -0.4 is 5.73 Å². The van der Waals surface area contributed by atoms with Gasteiger partial charge >= 0.3 is 0 Å². The second-order valence-corrected chi connectivity index (χ2v) is 5.26. The molecular formula is C13H9FN6S. The molecule has 6 nitrogen and oxygen atoms in total. The highest BCUT2D eigenvalue weighted by molar-refractivity contribution is 7.98. The van der Waals surface area contributed by atoms with E-state index in [1.54, 1.807) is 18.2 Å². The van der Waals surface area contributed by atoms with Crippen molar-refractivity contribution in [3.63, 3.8) is 0 Å². The van der Waals surface area contributed by atoms with Gasteiger partial charge in [0.25, 0.3) is 0 Å². The lowest BCUT2D eigenvalue weighted by Gasteiger charge is -2.05. The summed E-state index contributed by atoms with van der Waals surface area (Å²) in [7, 11) is 0. The van der Waals surface area contributed by atoms with E-state index >= 15 is 0 Å². The lowest BCUT2D eigenvalue weighted by molar-refractivity contribution is 0.617. The lowest BCUT2D eigenvalue weighted by Crippen LogP contribution is -1.93. The SMILES string of the molecule is N#Cc1ccc(CSc2cc(N)nc3n[nH]nc23)c(F)c1. The second-order valence-electron chi connectivity index (χ2n) is 4.25. The fourth-order valence-electron chi connectivity index (χ4n) is 1.83. The van der Waals surface area contributed by atoms with E-state index in [0.29, 0.717) is 33.9 Å². The van der Waals surface area contributed by atoms with E-state index < -0.39 is 5.82 Å². The summed E-state index contributed by atoms with van der Waals surface area (Å²) in [5, 5.41) is 19.1. The lowest BCUT2D eigenvalue weighted by atomic mass is 10.1. The molecular weight excluding hydrogens is 291 g/mol. The maximum absolute atomic E-state index is 13.8. The molecule has 0 spiro atoms. The summed E-state index contributed by atoms with van der Waals surface area (Å²) < 4.78 is 13.8. The van der Waals surface area contributed by atoms with E-state index in [1.807, 2.05) is 6.07 Å². The Bertz CT molecular complexity index is 853. The summed E-state index contributed by atoms with van der Waals surface area (Å²) in [6.45, 7) is 0. The van der Waals surface area contributed by atoms with Gasteiger partial charge in [0, 0.05) is 10.6 Å². The van der Waals surface area contributed by atoms with Gasteiger partial charge in [-0.25, -0.2) is 9.37 Å². The maximum atomic E-state index is 13.8. The summed E-state index contributed by atoms with van der Waals surface area (Å²) in [6.07, 6.45) is 0. The number of benzene rings is 1. The number of halogens is 1. The van der Waals surface area contributed by atoms with Crippen molar-refractivity contribution in [3.05, 3.63) is 41.2 Å². The normalized spacial score (nSPS) is 10.7. The Morgan fingerprint density at radius 2 is 2.19 bits per heavy atom. The van der Waals surface area contributed by atoms with Crippen molar-refractivity contribution in [2.45, 2.75) is 10.6 Å². The van der Waals surface area contributed by atoms with E-state index in [1.165, 1.54) is 17.8 Å². The van der Waals surface area contributed by atoms with Gasteiger partial charge in [0.2, 0.25) is 5.65 Å². The molecule has 0 radical (unpaired) electrons. The van der Waals surface area contributed by atoms with E-state index in [0.717, 1.165) is 4.90 Å². The van der Waals surface area contributed by atoms with Gasteiger partial charge in [0.05, 0.1) is 11.6 Å². The first-order chi connectivity index (χ1) is 10.2. The number of aromatic nitrogens is 4. The number of aromatic amines is 1. The number of hydrogen-bond acceptors (Lipinski definition) is 6. The molecule has 0 unspecified atom stereocenters. The Morgan fingerprint density at radius 3 is 2.95 bits per heavy atom. The molecule has 0 aliphatic rings. The van der Waals surface area contributed by atoms with E-state index in [2.05, 4.69) is 20.4 Å². The van der Waals surface area contributed by atoms with E-state index in [4.69, 9.17) is 11.0 Å². The fourth-order valence-corrected chi connectivity index (χ4v) is 2.85. The standard InChI is InChI=1S/C13H9FN6S/c14-9-3-7(5-15)1-2-8(9)6-21-10-4-11(16)17-13-12(10)18-20-19-13/h1-4H,6H2,(H3,16,17,18,19,20). The van der Waals surface area contributed by atoms with E-state index in [9.17, 15) is 4.39 Å². The number of nitrogens with zero attached hydrogens (tertiary/aromatic N) is 4. The minimum atomic E-state index is -0.403. The third-order valence-corrected chi connectivity index (χ3v) is 3.92. The summed E-state index contributed by atoms with van der Waals surface area (Å²) >= 11 is 1.38. The van der Waals surface area contributed by atoms with Crippen molar-refractivity contribution in [3.8, 4) is 6.07 Å². The average molecular weight is 300 g/mol. The molecule has 3 rings (SSSR count). The molecule has 0 saturated heterocycles. The van der Waals surface area contributed by atoms with Crippen LogP contribution in [0.3, 0.4) is 0 Å². The Morgan fingerprint density at radius 1 is 1.33 bits per heavy atom. The first-order valence-electron chi connectivity index (χ1n) is 5.95. The van der Waals surface area contributed by atoms with Crippen LogP contribution in [0.2, 0.25) is 0 Å². The van der Waals surface area contributed by atoms with Crippen molar-refractivity contribution in [1.29, 1.82) is 5.26 Å². The van der Waals surface area contributed by atoms with Gasteiger partial charge < -0.3 is 5.73 Å². The van der Waals surface area contributed by atoms with Gasteiger partial charge in [-0.05, 0) is 23.8 Å². The number of nitrogens with two attached hydrogens (primary N) is 1. The molecule has 0 aliphatic heterocycles. The summed E-state index contributed by atoms with van der Waals surface area (Å²) in [5.41, 5.74) is 7.54. The molecule has 0 aliphatic carbocycles. The first-order valence-corrected chi connectivity index (χ1v) is 6.94. The molecule has 0 atom stereocenters. The van der Waals surface area contributed by atoms with Crippen molar-refractivity contribution in [2.24, 2.45) is 0 Å². The largest absolute Gasteiger partial charge is 0.384 e. The zero-order valence-corrected chi connectivity index (χ0v) is 11.5. The Kier molecular flexibility index (Phi) is 3.41. The van der Waals surface area contributed by atoms with Crippen LogP contribution in [0.4, 0.5) is 10.2 Å². The van der Waals surface area contributed by atoms with E-state index in [-0.39, 0.29) is 0 Å². The zero-order chi connectivity index (χ0) is 14.8. The number of nitrogen functional groups attached to an aromatic ring is 1. The Labute approximate surface area is 123 Å². The Hall–Kier alpha value is -2.66. The topological polar surface area (TPSA) is 104 Å². The number of anilines is 1. The van der Waals surface area contributed by atoms with Gasteiger partial charge in [-0.2, -0.15) is 15.6 Å². The van der Waals surface area contributed by atoms with Crippen molar-refractivity contribution >= 4 is 28.7 Å². The highest BCUT2D eigenvalue weighted by atomic mass is 32.2. The number of nitriles is 1. The molecule has 21 heavy (non-hydrogen) atoms. The minimum Gasteiger partial charge on any atom is -0.384 e. The van der Waals surface area contributed by atoms with Crippen LogP contribution in [0.25, 0.3) is 11.2 Å². The number of rotatable bonds is 3.